The van der Waals surface area contributed by atoms with Crippen LogP contribution in [0.25, 0.3) is 0 Å². The molecule has 0 saturated carbocycles. The van der Waals surface area contributed by atoms with Crippen LogP contribution in [0.5, 0.6) is 0 Å². The van der Waals surface area contributed by atoms with Crippen LogP contribution in [0.3, 0.4) is 0 Å². The van der Waals surface area contributed by atoms with Crippen molar-refractivity contribution >= 4 is 34.7 Å². The normalized spacial score (nSPS) is 14.2. The lowest BCUT2D eigenvalue weighted by atomic mass is 10.1. The maximum Gasteiger partial charge on any atom is 0.314 e. The van der Waals surface area contributed by atoms with Crippen LogP contribution in [-0.4, -0.2) is 58.3 Å². The summed E-state index contributed by atoms with van der Waals surface area (Å²) in [5.74, 6) is -1.27. The van der Waals surface area contributed by atoms with Crippen molar-refractivity contribution in [3.05, 3.63) is 0 Å². The molecule has 0 saturated heterocycles. The third kappa shape index (κ3) is 9.26. The van der Waals surface area contributed by atoms with Crippen molar-refractivity contribution in [2.45, 2.75) is 78.7 Å². The first-order valence-electron chi connectivity index (χ1n) is 9.55. The molecule has 7 nitrogen and oxygen atoms in total. The lowest BCUT2D eigenvalue weighted by Crippen LogP contribution is -2.54. The fraction of sp³-hybridized carbons (Fsp3) is 0.789. The minimum Gasteiger partial charge on any atom is -0.463 e. The third-order valence-corrected chi connectivity index (χ3v) is 5.19. The molecule has 0 aromatic rings. The summed E-state index contributed by atoms with van der Waals surface area (Å²) in [5.41, 5.74) is 0. The first kappa shape index (κ1) is 25.4. The molecule has 0 aliphatic rings. The van der Waals surface area contributed by atoms with Gasteiger partial charge in [0, 0.05) is 24.3 Å². The van der Waals surface area contributed by atoms with E-state index in [1.54, 1.807) is 32.6 Å². The zero-order valence-corrected chi connectivity index (χ0v) is 18.4. The summed E-state index contributed by atoms with van der Waals surface area (Å²) < 4.78 is 4.98. The van der Waals surface area contributed by atoms with Crippen LogP contribution in [0.1, 0.15) is 61.3 Å². The predicted octanol–water partition coefficient (Wildman–Crippen LogP) is 2.38. The van der Waals surface area contributed by atoms with E-state index in [0.29, 0.717) is 19.5 Å². The van der Waals surface area contributed by atoms with Crippen LogP contribution in [0, 0.1) is 5.92 Å². The molecule has 0 aliphatic heterocycles. The number of hydrogen-bond donors (Lipinski definition) is 1. The SMILES string of the molecule is CCC(C)C(=O)NC(C(=O)N(CC)CC)C(C)SC(=O)CC(=O)OC(C)C. The van der Waals surface area contributed by atoms with Crippen LogP contribution in [0.4, 0.5) is 0 Å². The van der Waals surface area contributed by atoms with Crippen LogP contribution in [-0.2, 0) is 23.9 Å². The summed E-state index contributed by atoms with van der Waals surface area (Å²) in [4.78, 5) is 50.6. The van der Waals surface area contributed by atoms with Gasteiger partial charge in [0.1, 0.15) is 12.5 Å². The monoisotopic (exact) mass is 402 g/mol. The van der Waals surface area contributed by atoms with Gasteiger partial charge in [-0.15, -0.1) is 0 Å². The molecule has 0 aliphatic carbocycles. The Morgan fingerprint density at radius 2 is 1.56 bits per heavy atom. The minimum atomic E-state index is -0.832. The van der Waals surface area contributed by atoms with Gasteiger partial charge in [-0.3, -0.25) is 19.2 Å². The van der Waals surface area contributed by atoms with E-state index in [4.69, 9.17) is 4.74 Å². The van der Waals surface area contributed by atoms with Crippen LogP contribution >= 0.6 is 11.8 Å². The van der Waals surface area contributed by atoms with Crippen molar-refractivity contribution in [3.8, 4) is 0 Å². The number of ether oxygens (including phenoxy) is 1. The van der Waals surface area contributed by atoms with Crippen molar-refractivity contribution in [2.24, 2.45) is 5.92 Å². The Kier molecular flexibility index (Phi) is 12.0. The number of esters is 1. The molecule has 0 rings (SSSR count). The second kappa shape index (κ2) is 12.8. The number of likely N-dealkylation sites (N-methyl/N-ethyl adjacent to an activating group) is 1. The highest BCUT2D eigenvalue weighted by atomic mass is 32.2. The quantitative estimate of drug-likeness (QED) is 0.421. The largest absolute Gasteiger partial charge is 0.463 e. The molecular weight excluding hydrogens is 368 g/mol. The second-order valence-corrected chi connectivity index (χ2v) is 8.15. The molecule has 1 N–H and O–H groups in total. The standard InChI is InChI=1S/C19H34N2O5S/c1-8-13(6)18(24)20-17(19(25)21(9-2)10-3)14(7)27-16(23)11-15(22)26-12(4)5/h12-14,17H,8-11H2,1-7H3,(H,20,24). The molecular formula is C19H34N2O5S. The third-order valence-electron chi connectivity index (χ3n) is 4.14. The first-order valence-corrected chi connectivity index (χ1v) is 10.4. The minimum absolute atomic E-state index is 0.220. The van der Waals surface area contributed by atoms with Crippen molar-refractivity contribution in [1.29, 1.82) is 0 Å². The number of carbonyl (C=O) groups is 4. The summed E-state index contributed by atoms with van der Waals surface area (Å²) in [6.45, 7) is 13.6. The van der Waals surface area contributed by atoms with E-state index in [0.717, 1.165) is 11.8 Å². The Balaban J connectivity index is 5.18. The maximum absolute atomic E-state index is 12.8. The Morgan fingerprint density at radius 3 is 2.00 bits per heavy atom. The van der Waals surface area contributed by atoms with Gasteiger partial charge in [0.2, 0.25) is 11.8 Å². The van der Waals surface area contributed by atoms with Gasteiger partial charge >= 0.3 is 5.97 Å². The number of hydrogen-bond acceptors (Lipinski definition) is 6. The van der Waals surface area contributed by atoms with Crippen LogP contribution < -0.4 is 5.32 Å². The Bertz CT molecular complexity index is 520. The molecule has 156 valence electrons. The Labute approximate surface area is 167 Å². The predicted molar refractivity (Wildman–Crippen MR) is 107 cm³/mol. The molecule has 0 heterocycles. The number of nitrogens with one attached hydrogen (secondary N) is 1. The van der Waals surface area contributed by atoms with Gasteiger partial charge in [0.15, 0.2) is 5.12 Å². The summed E-state index contributed by atoms with van der Waals surface area (Å²) in [6, 6.07) is -0.832. The zero-order valence-electron chi connectivity index (χ0n) is 17.5. The molecule has 0 aromatic heterocycles. The fourth-order valence-electron chi connectivity index (χ4n) is 2.33. The van der Waals surface area contributed by atoms with Crippen molar-refractivity contribution in [1.82, 2.24) is 10.2 Å². The van der Waals surface area contributed by atoms with Gasteiger partial charge in [-0.05, 0) is 34.1 Å². The van der Waals surface area contributed by atoms with Gasteiger partial charge in [-0.25, -0.2) is 0 Å². The summed E-state index contributed by atoms with van der Waals surface area (Å²) >= 11 is 0.889. The van der Waals surface area contributed by atoms with Gasteiger partial charge in [-0.2, -0.15) is 0 Å². The van der Waals surface area contributed by atoms with Crippen molar-refractivity contribution in [3.63, 3.8) is 0 Å². The molecule has 0 bridgehead atoms. The summed E-state index contributed by atoms with van der Waals surface area (Å²) in [7, 11) is 0. The van der Waals surface area contributed by atoms with Gasteiger partial charge in [-0.1, -0.05) is 32.5 Å². The van der Waals surface area contributed by atoms with E-state index in [9.17, 15) is 19.2 Å². The zero-order chi connectivity index (χ0) is 21.1. The molecule has 8 heteroatoms. The molecule has 3 unspecified atom stereocenters. The highest BCUT2D eigenvalue weighted by Gasteiger charge is 2.32. The van der Waals surface area contributed by atoms with E-state index in [-0.39, 0.29) is 35.4 Å². The molecule has 0 fully saturated rings. The average Bonchev–Trinajstić information content (AvgIpc) is 2.58. The summed E-state index contributed by atoms with van der Waals surface area (Å²) in [5, 5.41) is 1.89. The Hall–Kier alpha value is -1.57. The number of rotatable bonds is 11. The van der Waals surface area contributed by atoms with Crippen LogP contribution in [0.15, 0.2) is 0 Å². The van der Waals surface area contributed by atoms with Crippen LogP contribution in [0.2, 0.25) is 0 Å². The van der Waals surface area contributed by atoms with Gasteiger partial charge in [0.25, 0.3) is 0 Å². The van der Waals surface area contributed by atoms with Crippen molar-refractivity contribution in [2.75, 3.05) is 13.1 Å². The Morgan fingerprint density at radius 1 is 1.00 bits per heavy atom. The van der Waals surface area contributed by atoms with Gasteiger partial charge < -0.3 is 15.0 Å². The highest BCUT2D eigenvalue weighted by molar-refractivity contribution is 8.14. The number of nitrogens with zero attached hydrogens (tertiary/aromatic N) is 1. The van der Waals surface area contributed by atoms with Crippen molar-refractivity contribution < 1.29 is 23.9 Å². The van der Waals surface area contributed by atoms with E-state index in [2.05, 4.69) is 5.32 Å². The maximum atomic E-state index is 12.8. The van der Waals surface area contributed by atoms with E-state index in [1.165, 1.54) is 0 Å². The molecule has 27 heavy (non-hydrogen) atoms. The smallest absolute Gasteiger partial charge is 0.314 e. The molecule has 3 atom stereocenters. The number of carbonyl (C=O) groups excluding carboxylic acids is 4. The first-order chi connectivity index (χ1) is 12.6. The lowest BCUT2D eigenvalue weighted by molar-refractivity contribution is -0.148. The fourth-order valence-corrected chi connectivity index (χ4v) is 3.27. The molecule has 0 radical (unpaired) electrons. The highest BCUT2D eigenvalue weighted by Crippen LogP contribution is 2.20. The average molecular weight is 403 g/mol. The molecule has 0 aromatic carbocycles. The lowest BCUT2D eigenvalue weighted by Gasteiger charge is -2.30. The molecule has 2 amide bonds. The van der Waals surface area contributed by atoms with Gasteiger partial charge in [0.05, 0.1) is 6.10 Å². The van der Waals surface area contributed by atoms with E-state index < -0.39 is 17.3 Å². The second-order valence-electron chi connectivity index (χ2n) is 6.72. The topological polar surface area (TPSA) is 92.8 Å². The number of thioether (sulfide) groups is 1. The molecule has 0 spiro atoms. The van der Waals surface area contributed by atoms with E-state index in [1.807, 2.05) is 20.8 Å². The van der Waals surface area contributed by atoms with E-state index >= 15 is 0 Å². The number of amides is 2. The summed E-state index contributed by atoms with van der Waals surface area (Å²) in [6.07, 6.45) is -0.00223.